The molecule has 4 aromatic rings. The predicted octanol–water partition coefficient (Wildman–Crippen LogP) is 4.32. The van der Waals surface area contributed by atoms with Gasteiger partial charge in [0.15, 0.2) is 5.82 Å². The Morgan fingerprint density at radius 3 is 2.43 bits per heavy atom. The number of nitrogens with zero attached hydrogens (tertiary/aromatic N) is 5. The summed E-state index contributed by atoms with van der Waals surface area (Å²) in [7, 11) is 1.55. The van der Waals surface area contributed by atoms with Crippen LogP contribution in [0.3, 0.4) is 0 Å². The number of aryl methyl sites for hydroxylation is 1. The van der Waals surface area contributed by atoms with E-state index in [0.717, 1.165) is 16.7 Å². The van der Waals surface area contributed by atoms with Crippen LogP contribution in [-0.4, -0.2) is 38.8 Å². The van der Waals surface area contributed by atoms with Gasteiger partial charge in [0.1, 0.15) is 5.69 Å². The molecule has 37 heavy (non-hydrogen) atoms. The molecule has 184 valence electrons. The molecule has 0 radical (unpaired) electrons. The number of pyridine rings is 2. The second-order valence-corrected chi connectivity index (χ2v) is 8.92. The molecule has 3 heterocycles. The third-order valence-corrected chi connectivity index (χ3v) is 5.85. The van der Waals surface area contributed by atoms with Crippen LogP contribution in [0.15, 0.2) is 67.1 Å². The van der Waals surface area contributed by atoms with Crippen LogP contribution >= 0.6 is 0 Å². The molecule has 2 N–H and O–H groups in total. The van der Waals surface area contributed by atoms with Crippen molar-refractivity contribution in [3.63, 3.8) is 0 Å². The Hall–Kier alpha value is -4.97. The van der Waals surface area contributed by atoms with E-state index in [9.17, 15) is 14.9 Å². The van der Waals surface area contributed by atoms with Crippen molar-refractivity contribution in [2.24, 2.45) is 0 Å². The first kappa shape index (κ1) is 25.1. The molecule has 1 aromatic carbocycles. The number of benzene rings is 1. The van der Waals surface area contributed by atoms with Gasteiger partial charge in [-0.15, -0.1) is 0 Å². The summed E-state index contributed by atoms with van der Waals surface area (Å²) in [5.74, 6) is -0.125. The summed E-state index contributed by atoms with van der Waals surface area (Å²) in [6.07, 6.45) is 4.74. The lowest BCUT2D eigenvalue weighted by atomic mass is 9.90. The van der Waals surface area contributed by atoms with Crippen molar-refractivity contribution in [1.29, 1.82) is 5.26 Å². The minimum Gasteiger partial charge on any atom is -0.354 e. The maximum absolute atomic E-state index is 13.0. The Balaban J connectivity index is 1.63. The summed E-state index contributed by atoms with van der Waals surface area (Å²) < 4.78 is 0. The standard InChI is InChI=1S/C28H25N7O2/c1-17-5-6-20(34-26(36)19-8-11-32-24(14-19)28(2,3)16-29)15-21(17)25-33-12-9-22(35-25)18-7-10-31-23(13-18)27(37)30-4/h5-15H,1-4H3,(H,30,37)(H,34,36). The summed E-state index contributed by atoms with van der Waals surface area (Å²) in [5, 5.41) is 14.9. The van der Waals surface area contributed by atoms with Crippen LogP contribution in [0, 0.1) is 18.3 Å². The highest BCUT2D eigenvalue weighted by Crippen LogP contribution is 2.27. The van der Waals surface area contributed by atoms with E-state index >= 15 is 0 Å². The third kappa shape index (κ3) is 5.49. The van der Waals surface area contributed by atoms with Crippen LogP contribution in [0.4, 0.5) is 5.69 Å². The average molecular weight is 492 g/mol. The van der Waals surface area contributed by atoms with Crippen molar-refractivity contribution in [3.8, 4) is 28.7 Å². The Morgan fingerprint density at radius 2 is 1.68 bits per heavy atom. The molecule has 0 fully saturated rings. The fourth-order valence-electron chi connectivity index (χ4n) is 3.61. The van der Waals surface area contributed by atoms with Crippen molar-refractivity contribution in [2.75, 3.05) is 12.4 Å². The summed E-state index contributed by atoms with van der Waals surface area (Å²) >= 11 is 0. The second kappa shape index (κ2) is 10.3. The molecule has 2 amide bonds. The minimum atomic E-state index is -0.814. The minimum absolute atomic E-state index is 0.284. The molecular formula is C28H25N7O2. The lowest BCUT2D eigenvalue weighted by Gasteiger charge is -2.15. The number of nitrogens with one attached hydrogen (secondary N) is 2. The number of amides is 2. The van der Waals surface area contributed by atoms with Gasteiger partial charge in [0.05, 0.1) is 22.9 Å². The van der Waals surface area contributed by atoms with E-state index in [2.05, 4.69) is 31.7 Å². The van der Waals surface area contributed by atoms with Crippen molar-refractivity contribution in [1.82, 2.24) is 25.3 Å². The smallest absolute Gasteiger partial charge is 0.269 e. The van der Waals surface area contributed by atoms with Gasteiger partial charge in [0.25, 0.3) is 11.8 Å². The largest absolute Gasteiger partial charge is 0.354 e. The predicted molar refractivity (Wildman–Crippen MR) is 140 cm³/mol. The number of anilines is 1. The fraction of sp³-hybridized carbons (Fsp3) is 0.179. The van der Waals surface area contributed by atoms with Gasteiger partial charge >= 0.3 is 0 Å². The molecule has 0 saturated heterocycles. The van der Waals surface area contributed by atoms with Crippen molar-refractivity contribution in [3.05, 3.63) is 89.6 Å². The van der Waals surface area contributed by atoms with Gasteiger partial charge in [-0.1, -0.05) is 6.07 Å². The maximum Gasteiger partial charge on any atom is 0.269 e. The first-order valence-electron chi connectivity index (χ1n) is 11.5. The summed E-state index contributed by atoms with van der Waals surface area (Å²) in [5.41, 5.74) is 4.02. The number of nitriles is 1. The van der Waals surface area contributed by atoms with E-state index in [-0.39, 0.29) is 11.8 Å². The molecule has 0 unspecified atom stereocenters. The normalized spacial score (nSPS) is 10.9. The number of hydrogen-bond donors (Lipinski definition) is 2. The van der Waals surface area contributed by atoms with Crippen molar-refractivity contribution >= 4 is 17.5 Å². The van der Waals surface area contributed by atoms with Gasteiger partial charge in [0.2, 0.25) is 0 Å². The Bertz CT molecular complexity index is 1540. The zero-order chi connectivity index (χ0) is 26.6. The molecule has 0 saturated carbocycles. The van der Waals surface area contributed by atoms with Crippen LogP contribution in [0.2, 0.25) is 0 Å². The van der Waals surface area contributed by atoms with E-state index in [1.165, 1.54) is 6.20 Å². The molecular weight excluding hydrogens is 466 g/mol. The Kier molecular flexibility index (Phi) is 7.02. The number of aromatic nitrogens is 4. The fourth-order valence-corrected chi connectivity index (χ4v) is 3.61. The van der Waals surface area contributed by atoms with Crippen molar-refractivity contribution in [2.45, 2.75) is 26.2 Å². The number of carbonyl (C=O) groups excluding carboxylic acids is 2. The first-order valence-corrected chi connectivity index (χ1v) is 11.5. The molecule has 0 aliphatic heterocycles. The van der Waals surface area contributed by atoms with Gasteiger partial charge in [0, 0.05) is 48.0 Å². The van der Waals surface area contributed by atoms with E-state index in [1.54, 1.807) is 69.7 Å². The molecule has 0 bridgehead atoms. The Labute approximate surface area is 214 Å². The zero-order valence-corrected chi connectivity index (χ0v) is 20.9. The summed E-state index contributed by atoms with van der Waals surface area (Å²) in [4.78, 5) is 42.4. The highest BCUT2D eigenvalue weighted by atomic mass is 16.2. The zero-order valence-electron chi connectivity index (χ0n) is 20.9. The maximum atomic E-state index is 13.0. The van der Waals surface area contributed by atoms with Gasteiger partial charge in [-0.05, 0) is 68.8 Å². The van der Waals surface area contributed by atoms with Gasteiger partial charge in [-0.25, -0.2) is 9.97 Å². The summed E-state index contributed by atoms with van der Waals surface area (Å²) in [6, 6.07) is 16.1. The molecule has 9 heteroatoms. The van der Waals surface area contributed by atoms with E-state index in [1.807, 2.05) is 19.1 Å². The highest BCUT2D eigenvalue weighted by molar-refractivity contribution is 6.04. The monoisotopic (exact) mass is 491 g/mol. The van der Waals surface area contributed by atoms with Crippen molar-refractivity contribution < 1.29 is 9.59 Å². The van der Waals surface area contributed by atoms with Crippen LogP contribution in [-0.2, 0) is 5.41 Å². The lowest BCUT2D eigenvalue weighted by molar-refractivity contribution is 0.0957. The molecule has 9 nitrogen and oxygen atoms in total. The van der Waals surface area contributed by atoms with Gasteiger partial charge in [-0.3, -0.25) is 19.6 Å². The average Bonchev–Trinajstić information content (AvgIpc) is 2.93. The third-order valence-electron chi connectivity index (χ3n) is 5.85. The molecule has 4 rings (SSSR count). The van der Waals surface area contributed by atoms with Crippen LogP contribution in [0.5, 0.6) is 0 Å². The van der Waals surface area contributed by atoms with E-state index < -0.39 is 5.41 Å². The summed E-state index contributed by atoms with van der Waals surface area (Å²) in [6.45, 7) is 5.44. The van der Waals surface area contributed by atoms with Gasteiger partial charge in [-0.2, -0.15) is 5.26 Å². The molecule has 0 atom stereocenters. The molecule has 3 aromatic heterocycles. The SMILES string of the molecule is CNC(=O)c1cc(-c2ccnc(-c3cc(NC(=O)c4ccnc(C(C)(C)C#N)c4)ccc3C)n2)ccn1. The first-order chi connectivity index (χ1) is 17.7. The highest BCUT2D eigenvalue weighted by Gasteiger charge is 2.22. The van der Waals surface area contributed by atoms with Crippen LogP contribution in [0.1, 0.15) is 46.0 Å². The Morgan fingerprint density at radius 1 is 0.919 bits per heavy atom. The van der Waals surface area contributed by atoms with E-state index in [4.69, 9.17) is 4.98 Å². The second-order valence-electron chi connectivity index (χ2n) is 8.92. The molecule has 0 aliphatic carbocycles. The lowest BCUT2D eigenvalue weighted by Crippen LogP contribution is -2.19. The van der Waals surface area contributed by atoms with E-state index in [0.29, 0.717) is 34.2 Å². The molecule has 0 aliphatic rings. The topological polar surface area (TPSA) is 134 Å². The quantitative estimate of drug-likeness (QED) is 0.410. The molecule has 0 spiro atoms. The van der Waals surface area contributed by atoms with Crippen LogP contribution in [0.25, 0.3) is 22.6 Å². The number of rotatable bonds is 6. The van der Waals surface area contributed by atoms with Gasteiger partial charge < -0.3 is 10.6 Å². The number of carbonyl (C=O) groups is 2. The number of hydrogen-bond acceptors (Lipinski definition) is 7. The van der Waals surface area contributed by atoms with Crippen LogP contribution < -0.4 is 10.6 Å².